The van der Waals surface area contributed by atoms with Crippen molar-refractivity contribution in [2.24, 2.45) is 0 Å². The number of fused-ring (bicyclic) bond motifs is 2. The quantitative estimate of drug-likeness (QED) is 0.389. The third-order valence-electron chi connectivity index (χ3n) is 6.35. The van der Waals surface area contributed by atoms with Gasteiger partial charge >= 0.3 is 12.4 Å². The minimum Gasteiger partial charge on any atom is -0.490 e. The van der Waals surface area contributed by atoms with Crippen LogP contribution < -0.4 is 14.4 Å². The first kappa shape index (κ1) is 24.5. The summed E-state index contributed by atoms with van der Waals surface area (Å²) >= 11 is 0. The van der Waals surface area contributed by atoms with Crippen LogP contribution in [-0.2, 0) is 12.4 Å². The Morgan fingerprint density at radius 2 is 1.71 bits per heavy atom. The number of nitrogens with zero attached hydrogens (tertiary/aromatic N) is 1. The highest BCUT2D eigenvalue weighted by Crippen LogP contribution is 2.50. The Labute approximate surface area is 192 Å². The number of hydrogen-bond acceptors (Lipinski definition) is 3. The van der Waals surface area contributed by atoms with Gasteiger partial charge in [-0.05, 0) is 62.1 Å². The van der Waals surface area contributed by atoms with Crippen LogP contribution in [0.1, 0.15) is 56.6 Å². The molecule has 2 fully saturated rings. The van der Waals surface area contributed by atoms with Crippen LogP contribution in [0.3, 0.4) is 0 Å². The molecular formula is C24H24F7NO2. The van der Waals surface area contributed by atoms with Gasteiger partial charge in [-0.1, -0.05) is 6.92 Å². The average Bonchev–Trinajstić information content (AvgIpc) is 2.96. The van der Waals surface area contributed by atoms with Crippen molar-refractivity contribution in [1.29, 1.82) is 0 Å². The predicted octanol–water partition coefficient (Wildman–Crippen LogP) is 7.58. The van der Waals surface area contributed by atoms with Crippen LogP contribution in [0.4, 0.5) is 36.4 Å². The van der Waals surface area contributed by atoms with Gasteiger partial charge in [-0.25, -0.2) is 4.39 Å². The van der Waals surface area contributed by atoms with E-state index < -0.39 is 35.0 Å². The summed E-state index contributed by atoms with van der Waals surface area (Å²) in [7, 11) is 0. The number of rotatable bonds is 6. The van der Waals surface area contributed by atoms with Crippen molar-refractivity contribution in [3.63, 3.8) is 0 Å². The zero-order chi connectivity index (χ0) is 24.7. The molecule has 2 bridgehead atoms. The molecule has 2 aromatic carbocycles. The van der Waals surface area contributed by atoms with Crippen molar-refractivity contribution < 1.29 is 40.2 Å². The maximum atomic E-state index is 14.4. The smallest absolute Gasteiger partial charge is 0.419 e. The fraction of sp³-hybridized carbons (Fsp3) is 0.500. The van der Waals surface area contributed by atoms with Crippen LogP contribution >= 0.6 is 0 Å². The second-order valence-corrected chi connectivity index (χ2v) is 8.67. The van der Waals surface area contributed by atoms with Crippen molar-refractivity contribution in [3.8, 4) is 11.5 Å². The molecule has 34 heavy (non-hydrogen) atoms. The number of ether oxygens (including phenoxy) is 2. The van der Waals surface area contributed by atoms with Crippen LogP contribution in [0.2, 0.25) is 0 Å². The Hall–Kier alpha value is -2.65. The normalized spacial score (nSPS) is 22.7. The lowest BCUT2D eigenvalue weighted by Gasteiger charge is -2.46. The minimum atomic E-state index is -4.82. The number of alkyl halides is 6. The first-order valence-electron chi connectivity index (χ1n) is 11.1. The summed E-state index contributed by atoms with van der Waals surface area (Å²) in [5.41, 5.74) is -3.01. The molecular weight excluding hydrogens is 467 g/mol. The molecule has 0 saturated carbocycles. The molecule has 4 rings (SSSR count). The molecule has 2 atom stereocenters. The van der Waals surface area contributed by atoms with Crippen molar-refractivity contribution >= 4 is 5.69 Å². The average molecular weight is 491 g/mol. The number of benzene rings is 2. The molecule has 10 heteroatoms. The lowest BCUT2D eigenvalue weighted by Crippen LogP contribution is -2.54. The lowest BCUT2D eigenvalue weighted by atomic mass is 9.98. The van der Waals surface area contributed by atoms with Crippen molar-refractivity contribution in [3.05, 3.63) is 53.3 Å². The van der Waals surface area contributed by atoms with Gasteiger partial charge in [-0.3, -0.25) is 0 Å². The third kappa shape index (κ3) is 4.63. The lowest BCUT2D eigenvalue weighted by molar-refractivity contribution is -0.140. The van der Waals surface area contributed by atoms with E-state index >= 15 is 0 Å². The topological polar surface area (TPSA) is 21.7 Å². The van der Waals surface area contributed by atoms with E-state index in [1.807, 2.05) is 6.92 Å². The zero-order valence-corrected chi connectivity index (χ0v) is 18.4. The van der Waals surface area contributed by atoms with E-state index in [1.54, 1.807) is 4.90 Å². The maximum Gasteiger partial charge on any atom is 0.419 e. The second-order valence-electron chi connectivity index (χ2n) is 8.67. The number of anilines is 1. The van der Waals surface area contributed by atoms with E-state index in [2.05, 4.69) is 0 Å². The Morgan fingerprint density at radius 3 is 2.35 bits per heavy atom. The number of hydrogen-bond donors (Lipinski definition) is 0. The van der Waals surface area contributed by atoms with Gasteiger partial charge in [0.05, 0.1) is 17.7 Å². The molecule has 0 N–H and O–H groups in total. The predicted molar refractivity (Wildman–Crippen MR) is 111 cm³/mol. The van der Waals surface area contributed by atoms with E-state index in [-0.39, 0.29) is 29.8 Å². The summed E-state index contributed by atoms with van der Waals surface area (Å²) in [5, 5.41) is 0. The Kier molecular flexibility index (Phi) is 6.37. The standard InChI is InChI=1S/C24H24F7NO2/c1-2-12-33-21-13-15(23(26,27)28)5-8-20(21)34-22-10-3-4-16(9-11-22)32(22)17-6-7-18(19(25)14-17)24(29,30)31/h5-8,13-14,16H,2-4,9-12H2,1H3. The SMILES string of the molecule is CCCOc1cc(C(F)(F)F)ccc1OC12CCCC(CC1)N2c1ccc(C(F)(F)F)c(F)c1. The summed E-state index contributed by atoms with van der Waals surface area (Å²) in [6.07, 6.45) is -5.66. The van der Waals surface area contributed by atoms with Gasteiger partial charge in [-0.2, -0.15) is 26.3 Å². The van der Waals surface area contributed by atoms with Gasteiger partial charge in [0.15, 0.2) is 17.2 Å². The van der Waals surface area contributed by atoms with Gasteiger partial charge in [0, 0.05) is 24.6 Å². The minimum absolute atomic E-state index is 0.0568. The van der Waals surface area contributed by atoms with Crippen LogP contribution in [0.5, 0.6) is 11.5 Å². The summed E-state index contributed by atoms with van der Waals surface area (Å²) in [4.78, 5) is 1.78. The van der Waals surface area contributed by atoms with Crippen LogP contribution in [0.25, 0.3) is 0 Å². The molecule has 0 radical (unpaired) electrons. The molecule has 2 aliphatic heterocycles. The highest BCUT2D eigenvalue weighted by Gasteiger charge is 2.51. The summed E-state index contributed by atoms with van der Waals surface area (Å²) in [6.45, 7) is 2.00. The second kappa shape index (κ2) is 8.85. The Morgan fingerprint density at radius 1 is 0.941 bits per heavy atom. The van der Waals surface area contributed by atoms with E-state index in [0.717, 1.165) is 31.0 Å². The fourth-order valence-corrected chi connectivity index (χ4v) is 4.89. The van der Waals surface area contributed by atoms with Crippen LogP contribution in [0.15, 0.2) is 36.4 Å². The zero-order valence-electron chi connectivity index (χ0n) is 18.4. The van der Waals surface area contributed by atoms with Gasteiger partial charge in [0.2, 0.25) is 0 Å². The highest BCUT2D eigenvalue weighted by atomic mass is 19.4. The van der Waals surface area contributed by atoms with Crippen molar-refractivity contribution in [2.45, 2.75) is 69.6 Å². The number of piperidine rings is 1. The first-order chi connectivity index (χ1) is 15.9. The Bertz CT molecular complexity index is 1030. The van der Waals surface area contributed by atoms with Gasteiger partial charge in [-0.15, -0.1) is 0 Å². The number of halogens is 7. The molecule has 2 aliphatic rings. The molecule has 2 aromatic rings. The third-order valence-corrected chi connectivity index (χ3v) is 6.35. The maximum absolute atomic E-state index is 14.4. The summed E-state index contributed by atoms with van der Waals surface area (Å²) in [6, 6.07) is 5.69. The molecule has 0 spiro atoms. The molecule has 186 valence electrons. The fourth-order valence-electron chi connectivity index (χ4n) is 4.89. The molecule has 2 heterocycles. The molecule has 2 unspecified atom stereocenters. The van der Waals surface area contributed by atoms with Crippen molar-refractivity contribution in [2.75, 3.05) is 11.5 Å². The first-order valence-corrected chi connectivity index (χ1v) is 11.1. The monoisotopic (exact) mass is 491 g/mol. The van der Waals surface area contributed by atoms with Gasteiger partial charge in [0.1, 0.15) is 5.82 Å². The van der Waals surface area contributed by atoms with Crippen molar-refractivity contribution in [1.82, 2.24) is 0 Å². The van der Waals surface area contributed by atoms with Gasteiger partial charge < -0.3 is 14.4 Å². The van der Waals surface area contributed by atoms with Crippen LogP contribution in [0, 0.1) is 5.82 Å². The van der Waals surface area contributed by atoms with E-state index in [0.29, 0.717) is 31.7 Å². The van der Waals surface area contributed by atoms with E-state index in [4.69, 9.17) is 9.47 Å². The molecule has 0 aliphatic carbocycles. The van der Waals surface area contributed by atoms with E-state index in [1.165, 1.54) is 12.1 Å². The van der Waals surface area contributed by atoms with E-state index in [9.17, 15) is 30.7 Å². The highest BCUT2D eigenvalue weighted by molar-refractivity contribution is 5.54. The van der Waals surface area contributed by atoms with Crippen LogP contribution in [-0.4, -0.2) is 18.4 Å². The Balaban J connectivity index is 1.71. The summed E-state index contributed by atoms with van der Waals surface area (Å²) in [5.74, 6) is -1.33. The molecule has 0 amide bonds. The molecule has 0 aromatic heterocycles. The summed E-state index contributed by atoms with van der Waals surface area (Å²) < 4.78 is 105. The molecule has 3 nitrogen and oxygen atoms in total. The largest absolute Gasteiger partial charge is 0.490 e. The van der Waals surface area contributed by atoms with Gasteiger partial charge in [0.25, 0.3) is 0 Å². The molecule has 2 saturated heterocycles.